The fourth-order valence-electron chi connectivity index (χ4n) is 1.84. The lowest BCUT2D eigenvalue weighted by molar-refractivity contribution is 0.0778. The largest absolute Gasteiger partial charge is 0.336 e. The second kappa shape index (κ2) is 6.30. The van der Waals surface area contributed by atoms with Gasteiger partial charge in [0.15, 0.2) is 0 Å². The summed E-state index contributed by atoms with van der Waals surface area (Å²) >= 11 is 1.53. The standard InChI is InChI=1S/C15H16F2N2OS/c1-9(2)14-18-11(8-21-14)7-19(3)15(20)12-6-10(16)4-5-13(12)17/h4-6,8-9H,7H2,1-3H3. The minimum atomic E-state index is -0.727. The molecular weight excluding hydrogens is 294 g/mol. The van der Waals surface area contributed by atoms with E-state index in [2.05, 4.69) is 4.98 Å². The summed E-state index contributed by atoms with van der Waals surface area (Å²) in [6.07, 6.45) is 0. The summed E-state index contributed by atoms with van der Waals surface area (Å²) in [7, 11) is 1.54. The fraction of sp³-hybridized carbons (Fsp3) is 0.333. The van der Waals surface area contributed by atoms with Gasteiger partial charge < -0.3 is 4.90 Å². The van der Waals surface area contributed by atoms with Gasteiger partial charge in [-0.1, -0.05) is 13.8 Å². The normalized spacial score (nSPS) is 11.0. The van der Waals surface area contributed by atoms with E-state index in [9.17, 15) is 13.6 Å². The van der Waals surface area contributed by atoms with Crippen LogP contribution >= 0.6 is 11.3 Å². The third-order valence-electron chi connectivity index (χ3n) is 2.97. The Labute approximate surface area is 126 Å². The Morgan fingerprint density at radius 3 is 2.71 bits per heavy atom. The number of carbonyl (C=O) groups excluding carboxylic acids is 1. The lowest BCUT2D eigenvalue weighted by atomic mass is 10.2. The molecule has 0 saturated carbocycles. The number of hydrogen-bond acceptors (Lipinski definition) is 3. The van der Waals surface area contributed by atoms with Crippen LogP contribution in [0.2, 0.25) is 0 Å². The highest BCUT2D eigenvalue weighted by molar-refractivity contribution is 7.09. The molecule has 0 N–H and O–H groups in total. The smallest absolute Gasteiger partial charge is 0.257 e. The van der Waals surface area contributed by atoms with Crippen LogP contribution in [0.25, 0.3) is 0 Å². The van der Waals surface area contributed by atoms with E-state index in [1.165, 1.54) is 16.2 Å². The highest BCUT2D eigenvalue weighted by atomic mass is 32.1. The summed E-state index contributed by atoms with van der Waals surface area (Å²) in [4.78, 5) is 17.9. The molecular formula is C15H16F2N2OS. The minimum absolute atomic E-state index is 0.262. The molecule has 0 aliphatic carbocycles. The summed E-state index contributed by atoms with van der Waals surface area (Å²) in [6.45, 7) is 4.34. The van der Waals surface area contributed by atoms with E-state index in [4.69, 9.17) is 0 Å². The number of hydrogen-bond donors (Lipinski definition) is 0. The maximum Gasteiger partial charge on any atom is 0.257 e. The summed E-state index contributed by atoms with van der Waals surface area (Å²) in [5.74, 6) is -1.60. The predicted octanol–water partition coefficient (Wildman–Crippen LogP) is 3.82. The first-order valence-corrected chi connectivity index (χ1v) is 7.41. The van der Waals surface area contributed by atoms with Crippen molar-refractivity contribution < 1.29 is 13.6 Å². The van der Waals surface area contributed by atoms with E-state index in [0.29, 0.717) is 5.92 Å². The van der Waals surface area contributed by atoms with E-state index in [0.717, 1.165) is 28.9 Å². The zero-order valence-electron chi connectivity index (χ0n) is 12.1. The monoisotopic (exact) mass is 310 g/mol. The summed E-state index contributed by atoms with van der Waals surface area (Å²) in [5.41, 5.74) is 0.480. The van der Waals surface area contributed by atoms with Crippen molar-refractivity contribution in [1.82, 2.24) is 9.88 Å². The highest BCUT2D eigenvalue weighted by Crippen LogP contribution is 2.20. The van der Waals surface area contributed by atoms with E-state index in [1.807, 2.05) is 19.2 Å². The first-order chi connectivity index (χ1) is 9.88. The van der Waals surface area contributed by atoms with Crippen LogP contribution in [0.4, 0.5) is 8.78 Å². The first-order valence-electron chi connectivity index (χ1n) is 6.53. The molecule has 0 aliphatic heterocycles. The Bertz CT molecular complexity index is 655. The van der Waals surface area contributed by atoms with Gasteiger partial charge in [0.2, 0.25) is 0 Å². The Kier molecular flexibility index (Phi) is 4.67. The van der Waals surface area contributed by atoms with Gasteiger partial charge in [-0.2, -0.15) is 0 Å². The van der Waals surface area contributed by atoms with Crippen molar-refractivity contribution in [1.29, 1.82) is 0 Å². The van der Waals surface area contributed by atoms with Gasteiger partial charge in [-0.05, 0) is 18.2 Å². The van der Waals surface area contributed by atoms with Crippen LogP contribution in [0.5, 0.6) is 0 Å². The maximum atomic E-state index is 13.6. The number of rotatable bonds is 4. The van der Waals surface area contributed by atoms with Crippen LogP contribution in [0.1, 0.15) is 40.8 Å². The zero-order chi connectivity index (χ0) is 15.6. The van der Waals surface area contributed by atoms with E-state index < -0.39 is 17.5 Å². The van der Waals surface area contributed by atoms with Crippen LogP contribution < -0.4 is 0 Å². The molecule has 0 fully saturated rings. The Hall–Kier alpha value is -1.82. The third kappa shape index (κ3) is 3.64. The van der Waals surface area contributed by atoms with Crippen molar-refractivity contribution in [3.63, 3.8) is 0 Å². The van der Waals surface area contributed by atoms with Gasteiger partial charge in [0.1, 0.15) is 11.6 Å². The molecule has 0 radical (unpaired) electrons. The number of nitrogens with zero attached hydrogens (tertiary/aromatic N) is 2. The van der Waals surface area contributed by atoms with E-state index >= 15 is 0 Å². The van der Waals surface area contributed by atoms with Gasteiger partial charge in [0.25, 0.3) is 5.91 Å². The van der Waals surface area contributed by atoms with Crippen LogP contribution in [0.3, 0.4) is 0 Å². The molecule has 3 nitrogen and oxygen atoms in total. The number of halogens is 2. The van der Waals surface area contributed by atoms with Gasteiger partial charge in [0, 0.05) is 18.3 Å². The molecule has 2 rings (SSSR count). The molecule has 6 heteroatoms. The van der Waals surface area contributed by atoms with Crippen molar-refractivity contribution in [2.75, 3.05) is 7.05 Å². The summed E-state index contributed by atoms with van der Waals surface area (Å²) < 4.78 is 26.7. The molecule has 2 aromatic rings. The molecule has 1 amide bonds. The van der Waals surface area contributed by atoms with E-state index in [1.54, 1.807) is 7.05 Å². The minimum Gasteiger partial charge on any atom is -0.336 e. The lowest BCUT2D eigenvalue weighted by Crippen LogP contribution is -2.27. The predicted molar refractivity (Wildman–Crippen MR) is 78.4 cm³/mol. The van der Waals surface area contributed by atoms with Crippen LogP contribution in [0.15, 0.2) is 23.6 Å². The summed E-state index contributed by atoms with van der Waals surface area (Å²) in [5, 5.41) is 2.86. The molecule has 0 unspecified atom stereocenters. The van der Waals surface area contributed by atoms with E-state index in [-0.39, 0.29) is 12.1 Å². The SMILES string of the molecule is CC(C)c1nc(CN(C)C(=O)c2cc(F)ccc2F)cs1. The molecule has 0 saturated heterocycles. The van der Waals surface area contributed by atoms with Crippen LogP contribution in [0, 0.1) is 11.6 Å². The van der Waals surface area contributed by atoms with Crippen molar-refractivity contribution in [3.8, 4) is 0 Å². The molecule has 1 aromatic carbocycles. The zero-order valence-corrected chi connectivity index (χ0v) is 12.9. The van der Waals surface area contributed by atoms with Gasteiger partial charge >= 0.3 is 0 Å². The number of amides is 1. The van der Waals surface area contributed by atoms with Crippen molar-refractivity contribution in [2.45, 2.75) is 26.3 Å². The molecule has 1 heterocycles. The van der Waals surface area contributed by atoms with Crippen LogP contribution in [-0.4, -0.2) is 22.8 Å². The first kappa shape index (κ1) is 15.6. The number of carbonyl (C=O) groups is 1. The fourth-order valence-corrected chi connectivity index (χ4v) is 2.67. The topological polar surface area (TPSA) is 33.2 Å². The number of aromatic nitrogens is 1. The number of benzene rings is 1. The van der Waals surface area contributed by atoms with Gasteiger partial charge in [-0.25, -0.2) is 13.8 Å². The second-order valence-corrected chi connectivity index (χ2v) is 6.01. The van der Waals surface area contributed by atoms with Gasteiger partial charge in [-0.3, -0.25) is 4.79 Å². The maximum absolute atomic E-state index is 13.6. The average Bonchev–Trinajstić information content (AvgIpc) is 2.89. The quantitative estimate of drug-likeness (QED) is 0.860. The molecule has 112 valence electrons. The van der Waals surface area contributed by atoms with Crippen LogP contribution in [-0.2, 0) is 6.54 Å². The molecule has 21 heavy (non-hydrogen) atoms. The lowest BCUT2D eigenvalue weighted by Gasteiger charge is -2.16. The second-order valence-electron chi connectivity index (χ2n) is 5.12. The molecule has 1 aromatic heterocycles. The highest BCUT2D eigenvalue weighted by Gasteiger charge is 2.18. The molecule has 0 bridgehead atoms. The van der Waals surface area contributed by atoms with Gasteiger partial charge in [0.05, 0.1) is 22.8 Å². The average molecular weight is 310 g/mol. The molecule has 0 aliphatic rings. The Balaban J connectivity index is 2.13. The van der Waals surface area contributed by atoms with Gasteiger partial charge in [-0.15, -0.1) is 11.3 Å². The Morgan fingerprint density at radius 2 is 2.10 bits per heavy atom. The molecule has 0 atom stereocenters. The third-order valence-corrected chi connectivity index (χ3v) is 4.16. The van der Waals surface area contributed by atoms with Crippen molar-refractivity contribution in [3.05, 3.63) is 51.5 Å². The molecule has 0 spiro atoms. The van der Waals surface area contributed by atoms with Crippen molar-refractivity contribution in [2.24, 2.45) is 0 Å². The van der Waals surface area contributed by atoms with Crippen molar-refractivity contribution >= 4 is 17.2 Å². The summed E-state index contributed by atoms with van der Waals surface area (Å²) in [6, 6.07) is 2.85. The Morgan fingerprint density at radius 1 is 1.38 bits per heavy atom. The number of thiazole rings is 1.